The van der Waals surface area contributed by atoms with Gasteiger partial charge < -0.3 is 9.64 Å². The van der Waals surface area contributed by atoms with Gasteiger partial charge in [0.1, 0.15) is 6.10 Å². The minimum Gasteiger partial charge on any atom is -0.367 e. The van der Waals surface area contributed by atoms with E-state index in [0.717, 1.165) is 17.2 Å². The first kappa shape index (κ1) is 13.9. The van der Waals surface area contributed by atoms with Crippen LogP contribution in [0.25, 0.3) is 0 Å². The van der Waals surface area contributed by atoms with Crippen molar-refractivity contribution >= 4 is 17.7 Å². The molecule has 2 fully saturated rings. The van der Waals surface area contributed by atoms with Crippen LogP contribution in [0.15, 0.2) is 30.3 Å². The Labute approximate surface area is 123 Å². The second-order valence-corrected chi connectivity index (χ2v) is 6.39. The van der Waals surface area contributed by atoms with E-state index in [4.69, 9.17) is 4.74 Å². The number of nitrogens with one attached hydrogen (secondary N) is 1. The third-order valence-electron chi connectivity index (χ3n) is 3.76. The van der Waals surface area contributed by atoms with Crippen molar-refractivity contribution in [3.8, 4) is 0 Å². The monoisotopic (exact) mass is 292 g/mol. The topological polar surface area (TPSA) is 41.6 Å². The maximum Gasteiger partial charge on any atom is 0.240 e. The van der Waals surface area contributed by atoms with Crippen molar-refractivity contribution in [1.82, 2.24) is 10.2 Å². The van der Waals surface area contributed by atoms with Crippen LogP contribution in [0.1, 0.15) is 18.6 Å². The largest absolute Gasteiger partial charge is 0.367 e. The van der Waals surface area contributed by atoms with E-state index in [9.17, 15) is 4.79 Å². The van der Waals surface area contributed by atoms with Gasteiger partial charge in [-0.1, -0.05) is 30.3 Å². The molecular formula is C15H20N2O2S. The summed E-state index contributed by atoms with van der Waals surface area (Å²) in [5, 5.41) is 3.25. The molecule has 5 heteroatoms. The van der Waals surface area contributed by atoms with Crippen molar-refractivity contribution in [2.24, 2.45) is 0 Å². The summed E-state index contributed by atoms with van der Waals surface area (Å²) in [7, 11) is 0. The number of rotatable bonds is 2. The molecule has 3 rings (SSSR count). The van der Waals surface area contributed by atoms with E-state index >= 15 is 0 Å². The van der Waals surface area contributed by atoms with E-state index < -0.39 is 0 Å². The molecule has 0 spiro atoms. The van der Waals surface area contributed by atoms with E-state index in [-0.39, 0.29) is 24.2 Å². The van der Waals surface area contributed by atoms with Crippen LogP contribution in [-0.4, -0.2) is 47.7 Å². The van der Waals surface area contributed by atoms with Crippen molar-refractivity contribution in [1.29, 1.82) is 0 Å². The normalized spacial score (nSPS) is 30.4. The van der Waals surface area contributed by atoms with Gasteiger partial charge in [0.25, 0.3) is 0 Å². The predicted octanol–water partition coefficient (Wildman–Crippen LogP) is 1.64. The van der Waals surface area contributed by atoms with Gasteiger partial charge in [0.05, 0.1) is 18.7 Å². The number of hydrogen-bond acceptors (Lipinski definition) is 4. The van der Waals surface area contributed by atoms with Gasteiger partial charge in [-0.3, -0.25) is 10.1 Å². The highest BCUT2D eigenvalue weighted by molar-refractivity contribution is 7.99. The van der Waals surface area contributed by atoms with E-state index in [2.05, 4.69) is 17.4 Å². The van der Waals surface area contributed by atoms with Gasteiger partial charge in [-0.2, -0.15) is 0 Å². The van der Waals surface area contributed by atoms with Gasteiger partial charge in [0.2, 0.25) is 5.91 Å². The molecule has 0 radical (unpaired) electrons. The molecule has 0 saturated carbocycles. The Morgan fingerprint density at radius 1 is 1.35 bits per heavy atom. The van der Waals surface area contributed by atoms with Crippen molar-refractivity contribution in [2.45, 2.75) is 25.2 Å². The maximum absolute atomic E-state index is 12.5. The van der Waals surface area contributed by atoms with E-state index in [0.29, 0.717) is 13.1 Å². The molecule has 1 aromatic rings. The molecule has 2 aliphatic heterocycles. The van der Waals surface area contributed by atoms with Crippen molar-refractivity contribution in [3.05, 3.63) is 35.9 Å². The Balaban J connectivity index is 1.71. The highest BCUT2D eigenvalue weighted by atomic mass is 32.2. The summed E-state index contributed by atoms with van der Waals surface area (Å²) >= 11 is 1.78. The molecule has 0 bridgehead atoms. The second kappa shape index (κ2) is 6.16. The van der Waals surface area contributed by atoms with Crippen molar-refractivity contribution < 1.29 is 9.53 Å². The number of amides is 1. The number of nitrogens with zero attached hydrogens (tertiary/aromatic N) is 1. The first-order chi connectivity index (χ1) is 9.74. The Morgan fingerprint density at radius 3 is 2.85 bits per heavy atom. The summed E-state index contributed by atoms with van der Waals surface area (Å²) in [6, 6.07) is 10.1. The molecule has 2 saturated heterocycles. The van der Waals surface area contributed by atoms with E-state index in [1.54, 1.807) is 11.8 Å². The highest BCUT2D eigenvalue weighted by Crippen LogP contribution is 2.26. The molecule has 2 aliphatic rings. The van der Waals surface area contributed by atoms with Crippen LogP contribution in [0, 0.1) is 0 Å². The summed E-state index contributed by atoms with van der Waals surface area (Å²) in [6.07, 6.45) is 0.0601. The molecule has 4 nitrogen and oxygen atoms in total. The Bertz CT molecular complexity index is 462. The van der Waals surface area contributed by atoms with Crippen LogP contribution in [0.3, 0.4) is 0 Å². The summed E-state index contributed by atoms with van der Waals surface area (Å²) in [5.74, 6) is 1.96. The lowest BCUT2D eigenvalue weighted by Crippen LogP contribution is -2.52. The molecule has 2 heterocycles. The SMILES string of the molecule is C[C@@H]1CN(C(=O)[C@@H]2CSCN2)C[C@H](c2ccccc2)O1. The molecule has 20 heavy (non-hydrogen) atoms. The quantitative estimate of drug-likeness (QED) is 0.900. The van der Waals surface area contributed by atoms with Gasteiger partial charge in [-0.15, -0.1) is 11.8 Å². The smallest absolute Gasteiger partial charge is 0.240 e. The number of ether oxygens (including phenoxy) is 1. The van der Waals surface area contributed by atoms with Crippen LogP contribution in [0.5, 0.6) is 0 Å². The molecule has 0 aliphatic carbocycles. The van der Waals surface area contributed by atoms with Crippen LogP contribution < -0.4 is 5.32 Å². The lowest BCUT2D eigenvalue weighted by Gasteiger charge is -2.38. The average molecular weight is 292 g/mol. The zero-order chi connectivity index (χ0) is 13.9. The minimum absolute atomic E-state index is 0.0158. The Kier molecular flexibility index (Phi) is 4.29. The number of benzene rings is 1. The fourth-order valence-electron chi connectivity index (χ4n) is 2.76. The zero-order valence-corrected chi connectivity index (χ0v) is 12.4. The lowest BCUT2D eigenvalue weighted by molar-refractivity contribution is -0.146. The summed E-state index contributed by atoms with van der Waals surface area (Å²) < 4.78 is 6.00. The van der Waals surface area contributed by atoms with E-state index in [1.165, 1.54) is 0 Å². The van der Waals surface area contributed by atoms with Crippen molar-refractivity contribution in [2.75, 3.05) is 24.7 Å². The molecule has 3 atom stereocenters. The third-order valence-corrected chi connectivity index (χ3v) is 4.70. The fourth-order valence-corrected chi connectivity index (χ4v) is 3.69. The average Bonchev–Trinajstić information content (AvgIpc) is 3.01. The second-order valence-electron chi connectivity index (χ2n) is 5.36. The first-order valence-corrected chi connectivity index (χ1v) is 8.20. The van der Waals surface area contributed by atoms with Crippen LogP contribution in [0.4, 0.5) is 0 Å². The van der Waals surface area contributed by atoms with Crippen LogP contribution >= 0.6 is 11.8 Å². The molecule has 1 amide bonds. The van der Waals surface area contributed by atoms with Gasteiger partial charge in [0.15, 0.2) is 0 Å². The van der Waals surface area contributed by atoms with Crippen LogP contribution in [0.2, 0.25) is 0 Å². The first-order valence-electron chi connectivity index (χ1n) is 7.04. The zero-order valence-electron chi connectivity index (χ0n) is 11.6. The molecule has 108 valence electrons. The van der Waals surface area contributed by atoms with Gasteiger partial charge in [-0.25, -0.2) is 0 Å². The Morgan fingerprint density at radius 2 is 2.15 bits per heavy atom. The molecule has 0 aromatic heterocycles. The van der Waals surface area contributed by atoms with Gasteiger partial charge in [-0.05, 0) is 12.5 Å². The number of carbonyl (C=O) groups is 1. The molecular weight excluding hydrogens is 272 g/mol. The number of hydrogen-bond donors (Lipinski definition) is 1. The van der Waals surface area contributed by atoms with Crippen molar-refractivity contribution in [3.63, 3.8) is 0 Å². The maximum atomic E-state index is 12.5. The fraction of sp³-hybridized carbons (Fsp3) is 0.533. The minimum atomic E-state index is -0.0262. The molecule has 1 N–H and O–H groups in total. The number of carbonyl (C=O) groups excluding carboxylic acids is 1. The third kappa shape index (κ3) is 3.00. The summed E-state index contributed by atoms with van der Waals surface area (Å²) in [4.78, 5) is 14.5. The number of thioether (sulfide) groups is 1. The van der Waals surface area contributed by atoms with E-state index in [1.807, 2.05) is 30.0 Å². The number of morpholine rings is 1. The summed E-state index contributed by atoms with van der Waals surface area (Å²) in [5.41, 5.74) is 1.14. The highest BCUT2D eigenvalue weighted by Gasteiger charge is 2.33. The predicted molar refractivity (Wildman–Crippen MR) is 80.6 cm³/mol. The molecule has 1 aromatic carbocycles. The molecule has 0 unspecified atom stereocenters. The standard InChI is InChI=1S/C15H20N2O2S/c1-11-7-17(15(18)13-9-20-10-16-13)8-14(19-11)12-5-3-2-4-6-12/h2-6,11,13-14,16H,7-10H2,1H3/t11-,13+,14-/m1/s1. The Hall–Kier alpha value is -1.04. The van der Waals surface area contributed by atoms with Gasteiger partial charge >= 0.3 is 0 Å². The van der Waals surface area contributed by atoms with Crippen LogP contribution in [-0.2, 0) is 9.53 Å². The summed E-state index contributed by atoms with van der Waals surface area (Å²) in [6.45, 7) is 3.37. The van der Waals surface area contributed by atoms with Gasteiger partial charge in [0, 0.05) is 18.2 Å². The lowest BCUT2D eigenvalue weighted by atomic mass is 10.1.